The Kier molecular flexibility index (Phi) is 3.85. The van der Waals surface area contributed by atoms with E-state index < -0.39 is 5.60 Å². The molecule has 0 spiro atoms. The molecule has 0 radical (unpaired) electrons. The Hall–Kier alpha value is -0.860. The van der Waals surface area contributed by atoms with E-state index in [1.54, 1.807) is 0 Å². The van der Waals surface area contributed by atoms with Crippen molar-refractivity contribution in [1.29, 1.82) is 0 Å². The van der Waals surface area contributed by atoms with Gasteiger partial charge in [0, 0.05) is 18.9 Å². The topological polar surface area (TPSA) is 32.3 Å². The Labute approximate surface area is 104 Å². The average molecular weight is 233 g/mol. The number of aryl methyl sites for hydroxylation is 1. The van der Waals surface area contributed by atoms with E-state index in [9.17, 15) is 5.11 Å². The Morgan fingerprint density at radius 1 is 1.41 bits per heavy atom. The molecule has 0 bridgehead atoms. The summed E-state index contributed by atoms with van der Waals surface area (Å²) in [5, 5.41) is 14.1. The van der Waals surface area contributed by atoms with Crippen LogP contribution in [0.15, 0.2) is 24.3 Å². The number of rotatable bonds is 3. The monoisotopic (exact) mass is 233 g/mol. The lowest BCUT2D eigenvalue weighted by Gasteiger charge is -2.36. The molecule has 0 aromatic heterocycles. The molecule has 2 nitrogen and oxygen atoms in total. The van der Waals surface area contributed by atoms with Gasteiger partial charge in [-0.25, -0.2) is 0 Å². The molecule has 1 heterocycles. The maximum absolute atomic E-state index is 10.7. The summed E-state index contributed by atoms with van der Waals surface area (Å²) in [6, 6.07) is 8.35. The molecule has 1 aromatic rings. The highest BCUT2D eigenvalue weighted by Gasteiger charge is 2.33. The number of benzene rings is 1. The molecule has 2 heteroatoms. The summed E-state index contributed by atoms with van der Waals surface area (Å²) in [6.07, 6.45) is 3.06. The molecule has 1 aromatic carbocycles. The number of hydrogen-bond acceptors (Lipinski definition) is 2. The van der Waals surface area contributed by atoms with Crippen LogP contribution in [0.25, 0.3) is 0 Å². The molecule has 1 fully saturated rings. The van der Waals surface area contributed by atoms with Gasteiger partial charge in [0.05, 0.1) is 5.60 Å². The highest BCUT2D eigenvalue weighted by atomic mass is 16.3. The summed E-state index contributed by atoms with van der Waals surface area (Å²) in [5.74, 6) is 0.371. The smallest absolute Gasteiger partial charge is 0.0700 e. The van der Waals surface area contributed by atoms with Crippen molar-refractivity contribution in [3.63, 3.8) is 0 Å². The van der Waals surface area contributed by atoms with Gasteiger partial charge in [0.1, 0.15) is 0 Å². The molecular formula is C15H23NO. The Bertz CT molecular complexity index is 367. The Morgan fingerprint density at radius 2 is 2.18 bits per heavy atom. The molecule has 2 unspecified atom stereocenters. The van der Waals surface area contributed by atoms with Gasteiger partial charge in [-0.15, -0.1) is 0 Å². The predicted molar refractivity (Wildman–Crippen MR) is 71.1 cm³/mol. The second-order valence-corrected chi connectivity index (χ2v) is 5.50. The minimum absolute atomic E-state index is 0.371. The van der Waals surface area contributed by atoms with Crippen molar-refractivity contribution < 1.29 is 5.11 Å². The highest BCUT2D eigenvalue weighted by Crippen LogP contribution is 2.28. The third kappa shape index (κ3) is 3.08. The zero-order valence-electron chi connectivity index (χ0n) is 10.9. The molecule has 2 N–H and O–H groups in total. The van der Waals surface area contributed by atoms with Crippen LogP contribution in [0, 0.1) is 12.8 Å². The second-order valence-electron chi connectivity index (χ2n) is 5.50. The summed E-state index contributed by atoms with van der Waals surface area (Å²) in [7, 11) is 0. The predicted octanol–water partition coefficient (Wildman–Crippen LogP) is 2.29. The number of aliphatic hydroxyl groups is 1. The van der Waals surface area contributed by atoms with Crippen LogP contribution >= 0.6 is 0 Å². The van der Waals surface area contributed by atoms with Gasteiger partial charge in [0.2, 0.25) is 0 Å². The van der Waals surface area contributed by atoms with E-state index in [1.165, 1.54) is 17.5 Å². The van der Waals surface area contributed by atoms with E-state index in [1.807, 2.05) is 6.92 Å². The van der Waals surface area contributed by atoms with Crippen molar-refractivity contribution in [2.75, 3.05) is 13.1 Å². The molecule has 0 aliphatic carbocycles. The third-order valence-corrected chi connectivity index (χ3v) is 3.99. The SMILES string of the molecule is Cc1ccccc1CC(C)(O)C1CCCNC1. The first kappa shape index (κ1) is 12.6. The molecule has 1 saturated heterocycles. The van der Waals surface area contributed by atoms with Gasteiger partial charge in [-0.3, -0.25) is 0 Å². The maximum atomic E-state index is 10.7. The Morgan fingerprint density at radius 3 is 2.82 bits per heavy atom. The second kappa shape index (κ2) is 5.19. The summed E-state index contributed by atoms with van der Waals surface area (Å²) in [6.45, 7) is 6.14. The van der Waals surface area contributed by atoms with E-state index in [4.69, 9.17) is 0 Å². The van der Waals surface area contributed by atoms with Crippen LogP contribution in [0.3, 0.4) is 0 Å². The van der Waals surface area contributed by atoms with Crippen molar-refractivity contribution in [1.82, 2.24) is 5.32 Å². The first-order valence-electron chi connectivity index (χ1n) is 6.57. The molecule has 1 aliphatic heterocycles. The number of piperidine rings is 1. The molecule has 2 atom stereocenters. The molecule has 0 saturated carbocycles. The summed E-state index contributed by atoms with van der Waals surface area (Å²) in [5.41, 5.74) is 1.94. The van der Waals surface area contributed by atoms with E-state index in [0.29, 0.717) is 5.92 Å². The van der Waals surface area contributed by atoms with E-state index in [2.05, 4.69) is 36.5 Å². The Balaban J connectivity index is 2.08. The molecule has 2 rings (SSSR count). The molecular weight excluding hydrogens is 210 g/mol. The summed E-state index contributed by atoms with van der Waals surface area (Å²) in [4.78, 5) is 0. The third-order valence-electron chi connectivity index (χ3n) is 3.99. The van der Waals surface area contributed by atoms with Crippen LogP contribution < -0.4 is 5.32 Å². The van der Waals surface area contributed by atoms with Crippen LogP contribution in [-0.2, 0) is 6.42 Å². The van der Waals surface area contributed by atoms with E-state index in [-0.39, 0.29) is 0 Å². The number of hydrogen-bond donors (Lipinski definition) is 2. The van der Waals surface area contributed by atoms with Gasteiger partial charge in [-0.1, -0.05) is 24.3 Å². The van der Waals surface area contributed by atoms with E-state index in [0.717, 1.165) is 25.9 Å². The van der Waals surface area contributed by atoms with Crippen LogP contribution in [0.4, 0.5) is 0 Å². The zero-order chi connectivity index (χ0) is 12.3. The molecule has 0 amide bonds. The fourth-order valence-electron chi connectivity index (χ4n) is 2.72. The quantitative estimate of drug-likeness (QED) is 0.839. The maximum Gasteiger partial charge on any atom is 0.0700 e. The van der Waals surface area contributed by atoms with Crippen molar-refractivity contribution in [2.45, 2.75) is 38.7 Å². The lowest BCUT2D eigenvalue weighted by atomic mass is 9.79. The van der Waals surface area contributed by atoms with Crippen molar-refractivity contribution in [2.24, 2.45) is 5.92 Å². The van der Waals surface area contributed by atoms with Gasteiger partial charge in [-0.2, -0.15) is 0 Å². The number of nitrogens with one attached hydrogen (secondary N) is 1. The minimum atomic E-state index is -0.598. The summed E-state index contributed by atoms with van der Waals surface area (Å²) < 4.78 is 0. The van der Waals surface area contributed by atoms with Gasteiger partial charge in [-0.05, 0) is 44.4 Å². The van der Waals surface area contributed by atoms with Crippen LogP contribution in [0.2, 0.25) is 0 Å². The van der Waals surface area contributed by atoms with Gasteiger partial charge < -0.3 is 10.4 Å². The van der Waals surface area contributed by atoms with Gasteiger partial charge >= 0.3 is 0 Å². The van der Waals surface area contributed by atoms with Crippen LogP contribution in [0.5, 0.6) is 0 Å². The van der Waals surface area contributed by atoms with Crippen LogP contribution in [0.1, 0.15) is 30.9 Å². The fraction of sp³-hybridized carbons (Fsp3) is 0.600. The standard InChI is InChI=1S/C15H23NO/c1-12-6-3-4-7-13(12)10-15(2,17)14-8-5-9-16-11-14/h3-4,6-7,14,16-17H,5,8-11H2,1-2H3. The van der Waals surface area contributed by atoms with Gasteiger partial charge in [0.15, 0.2) is 0 Å². The highest BCUT2D eigenvalue weighted by molar-refractivity contribution is 5.27. The first-order valence-corrected chi connectivity index (χ1v) is 6.57. The normalized spacial score (nSPS) is 24.3. The van der Waals surface area contributed by atoms with Crippen LogP contribution in [-0.4, -0.2) is 23.8 Å². The molecule has 94 valence electrons. The molecule has 1 aliphatic rings. The molecule has 17 heavy (non-hydrogen) atoms. The first-order chi connectivity index (χ1) is 8.09. The van der Waals surface area contributed by atoms with E-state index >= 15 is 0 Å². The lowest BCUT2D eigenvalue weighted by molar-refractivity contribution is -0.0103. The van der Waals surface area contributed by atoms with Crippen molar-refractivity contribution in [3.05, 3.63) is 35.4 Å². The van der Waals surface area contributed by atoms with Crippen molar-refractivity contribution >= 4 is 0 Å². The average Bonchev–Trinajstić information content (AvgIpc) is 2.33. The lowest BCUT2D eigenvalue weighted by Crippen LogP contribution is -2.45. The van der Waals surface area contributed by atoms with Gasteiger partial charge in [0.25, 0.3) is 0 Å². The van der Waals surface area contributed by atoms with Crippen molar-refractivity contribution in [3.8, 4) is 0 Å². The summed E-state index contributed by atoms with van der Waals surface area (Å²) >= 11 is 0. The minimum Gasteiger partial charge on any atom is -0.389 e. The largest absolute Gasteiger partial charge is 0.389 e. The fourth-order valence-corrected chi connectivity index (χ4v) is 2.72. The zero-order valence-corrected chi connectivity index (χ0v) is 10.9.